The van der Waals surface area contributed by atoms with E-state index in [2.05, 4.69) is 15.9 Å². The Hall–Kier alpha value is -2.21. The smallest absolute Gasteiger partial charge is 0.294 e. The Morgan fingerprint density at radius 3 is 2.78 bits per heavy atom. The zero-order valence-electron chi connectivity index (χ0n) is 12.6. The molecule has 0 saturated carbocycles. The van der Waals surface area contributed by atoms with Crippen molar-refractivity contribution >= 4 is 33.2 Å². The molecule has 0 fully saturated rings. The molecule has 1 aliphatic rings. The van der Waals surface area contributed by atoms with Crippen LogP contribution in [-0.4, -0.2) is 17.4 Å². The van der Waals surface area contributed by atoms with Crippen molar-refractivity contribution in [3.05, 3.63) is 67.7 Å². The number of rotatable bonds is 3. The third-order valence-corrected chi connectivity index (χ3v) is 4.57. The zero-order valence-corrected chi connectivity index (χ0v) is 14.2. The number of nitro groups is 1. The molecule has 0 bridgehead atoms. The lowest BCUT2D eigenvalue weighted by Crippen LogP contribution is -2.31. The maximum atomic E-state index is 12.7. The first-order valence-electron chi connectivity index (χ1n) is 7.29. The van der Waals surface area contributed by atoms with Crippen LogP contribution in [0.25, 0.3) is 0 Å². The molecule has 0 unspecified atom stereocenters. The average molecular weight is 375 g/mol. The molecule has 0 saturated heterocycles. The standard InChI is InChI=1S/C17H15BrN2O3/c1-11-4-2-3-5-12(11)9-16(21)19-7-6-13-8-14(18)10-15(17(13)19)20(22)23/h2-5,8,10H,6-7,9H2,1H3. The average Bonchev–Trinajstić information content (AvgIpc) is 2.92. The van der Waals surface area contributed by atoms with Gasteiger partial charge in [-0.2, -0.15) is 0 Å². The molecule has 2 aromatic rings. The first kappa shape index (κ1) is 15.7. The van der Waals surface area contributed by atoms with E-state index in [0.29, 0.717) is 23.1 Å². The summed E-state index contributed by atoms with van der Waals surface area (Å²) in [5, 5.41) is 11.3. The first-order chi connectivity index (χ1) is 11.0. The number of anilines is 1. The SMILES string of the molecule is Cc1ccccc1CC(=O)N1CCc2cc(Br)cc([N+](=O)[O-])c21. The highest BCUT2D eigenvalue weighted by Gasteiger charge is 2.32. The number of nitrogens with zero attached hydrogens (tertiary/aromatic N) is 2. The van der Waals surface area contributed by atoms with Gasteiger partial charge in [-0.3, -0.25) is 14.9 Å². The molecule has 2 aromatic carbocycles. The van der Waals surface area contributed by atoms with Gasteiger partial charge in [0.25, 0.3) is 5.69 Å². The number of halogens is 1. The van der Waals surface area contributed by atoms with Crippen molar-refractivity contribution in [3.63, 3.8) is 0 Å². The molecule has 0 aromatic heterocycles. The van der Waals surface area contributed by atoms with Crippen LogP contribution < -0.4 is 4.90 Å². The monoisotopic (exact) mass is 374 g/mol. The molecule has 6 heteroatoms. The molecule has 0 aliphatic carbocycles. The number of nitro benzene ring substituents is 1. The minimum absolute atomic E-state index is 0.0231. The largest absolute Gasteiger partial charge is 0.306 e. The van der Waals surface area contributed by atoms with E-state index >= 15 is 0 Å². The van der Waals surface area contributed by atoms with Gasteiger partial charge in [0.2, 0.25) is 5.91 Å². The van der Waals surface area contributed by atoms with E-state index < -0.39 is 4.92 Å². The number of hydrogen-bond acceptors (Lipinski definition) is 3. The van der Waals surface area contributed by atoms with Gasteiger partial charge in [-0.1, -0.05) is 40.2 Å². The van der Waals surface area contributed by atoms with Crippen LogP contribution in [0.4, 0.5) is 11.4 Å². The lowest BCUT2D eigenvalue weighted by atomic mass is 10.1. The Morgan fingerprint density at radius 2 is 2.09 bits per heavy atom. The number of benzene rings is 2. The maximum Gasteiger partial charge on any atom is 0.294 e. The molecule has 3 rings (SSSR count). The molecule has 5 nitrogen and oxygen atoms in total. The molecule has 0 N–H and O–H groups in total. The summed E-state index contributed by atoms with van der Waals surface area (Å²) in [6.07, 6.45) is 0.883. The second-order valence-corrected chi connectivity index (χ2v) is 6.50. The molecule has 0 radical (unpaired) electrons. The summed E-state index contributed by atoms with van der Waals surface area (Å²) in [5.74, 6) is -0.108. The molecule has 1 aliphatic heterocycles. The number of carbonyl (C=O) groups excluding carboxylic acids is 1. The second-order valence-electron chi connectivity index (χ2n) is 5.59. The van der Waals surface area contributed by atoms with Crippen LogP contribution in [0.1, 0.15) is 16.7 Å². The topological polar surface area (TPSA) is 63.5 Å². The van der Waals surface area contributed by atoms with Crippen LogP contribution in [0.3, 0.4) is 0 Å². The summed E-state index contributed by atoms with van der Waals surface area (Å²) in [7, 11) is 0. The number of carbonyl (C=O) groups is 1. The van der Waals surface area contributed by atoms with Crippen molar-refractivity contribution in [2.45, 2.75) is 19.8 Å². The molecule has 0 spiro atoms. The van der Waals surface area contributed by atoms with E-state index in [1.54, 1.807) is 4.90 Å². The molecular formula is C17H15BrN2O3. The molecule has 0 atom stereocenters. The minimum atomic E-state index is -0.428. The van der Waals surface area contributed by atoms with Crippen LogP contribution in [-0.2, 0) is 17.6 Å². The van der Waals surface area contributed by atoms with Crippen LogP contribution in [0.15, 0.2) is 40.9 Å². The van der Waals surface area contributed by atoms with E-state index in [9.17, 15) is 14.9 Å². The maximum absolute atomic E-state index is 12.7. The third-order valence-electron chi connectivity index (χ3n) is 4.11. The van der Waals surface area contributed by atoms with Gasteiger partial charge in [0.15, 0.2) is 0 Å². The summed E-state index contributed by atoms with van der Waals surface area (Å²) in [5.41, 5.74) is 3.25. The summed E-state index contributed by atoms with van der Waals surface area (Å²) in [6, 6.07) is 11.0. The number of amides is 1. The Kier molecular flexibility index (Phi) is 4.17. The second kappa shape index (κ2) is 6.12. The molecule has 1 heterocycles. The van der Waals surface area contributed by atoms with E-state index in [1.807, 2.05) is 37.3 Å². The molecule has 23 heavy (non-hydrogen) atoms. The first-order valence-corrected chi connectivity index (χ1v) is 8.08. The van der Waals surface area contributed by atoms with Crippen molar-refractivity contribution < 1.29 is 9.72 Å². The van der Waals surface area contributed by atoms with Gasteiger partial charge in [0.05, 0.1) is 11.3 Å². The highest BCUT2D eigenvalue weighted by atomic mass is 79.9. The lowest BCUT2D eigenvalue weighted by molar-refractivity contribution is -0.384. The predicted molar refractivity (Wildman–Crippen MR) is 91.7 cm³/mol. The zero-order chi connectivity index (χ0) is 16.6. The number of fused-ring (bicyclic) bond motifs is 1. The highest BCUT2D eigenvalue weighted by molar-refractivity contribution is 9.10. The molecule has 118 valence electrons. The van der Waals surface area contributed by atoms with Crippen molar-refractivity contribution in [1.29, 1.82) is 0 Å². The van der Waals surface area contributed by atoms with Crippen LogP contribution in [0, 0.1) is 17.0 Å². The lowest BCUT2D eigenvalue weighted by Gasteiger charge is -2.18. The van der Waals surface area contributed by atoms with E-state index in [1.165, 1.54) is 6.07 Å². The van der Waals surface area contributed by atoms with E-state index in [-0.39, 0.29) is 18.0 Å². The Labute approximate surface area is 142 Å². The summed E-state index contributed by atoms with van der Waals surface area (Å²) in [4.78, 5) is 25.1. The predicted octanol–water partition coefficient (Wildman–Crippen LogP) is 3.80. The van der Waals surface area contributed by atoms with Crippen molar-refractivity contribution in [2.75, 3.05) is 11.4 Å². The number of hydrogen-bond donors (Lipinski definition) is 0. The summed E-state index contributed by atoms with van der Waals surface area (Å²) >= 11 is 3.30. The fraction of sp³-hybridized carbons (Fsp3) is 0.235. The van der Waals surface area contributed by atoms with Crippen molar-refractivity contribution in [1.82, 2.24) is 0 Å². The quantitative estimate of drug-likeness (QED) is 0.606. The van der Waals surface area contributed by atoms with Crippen LogP contribution >= 0.6 is 15.9 Å². The van der Waals surface area contributed by atoms with E-state index in [4.69, 9.17) is 0 Å². The van der Waals surface area contributed by atoms with Crippen molar-refractivity contribution in [3.8, 4) is 0 Å². The summed E-state index contributed by atoms with van der Waals surface area (Å²) in [6.45, 7) is 2.44. The third kappa shape index (κ3) is 2.99. The Morgan fingerprint density at radius 1 is 1.35 bits per heavy atom. The highest BCUT2D eigenvalue weighted by Crippen LogP contribution is 2.39. The van der Waals surface area contributed by atoms with Gasteiger partial charge in [0.1, 0.15) is 5.69 Å². The van der Waals surface area contributed by atoms with Gasteiger partial charge in [-0.05, 0) is 36.1 Å². The van der Waals surface area contributed by atoms with Crippen LogP contribution in [0.2, 0.25) is 0 Å². The van der Waals surface area contributed by atoms with Gasteiger partial charge >= 0.3 is 0 Å². The van der Waals surface area contributed by atoms with Gasteiger partial charge in [-0.25, -0.2) is 0 Å². The van der Waals surface area contributed by atoms with E-state index in [0.717, 1.165) is 16.7 Å². The van der Waals surface area contributed by atoms with Gasteiger partial charge < -0.3 is 4.90 Å². The molecule has 1 amide bonds. The fourth-order valence-corrected chi connectivity index (χ4v) is 3.43. The normalized spacial score (nSPS) is 13.0. The Bertz CT molecular complexity index is 804. The van der Waals surface area contributed by atoms with Gasteiger partial charge in [0, 0.05) is 17.1 Å². The Balaban J connectivity index is 1.95. The van der Waals surface area contributed by atoms with Gasteiger partial charge in [-0.15, -0.1) is 0 Å². The fourth-order valence-electron chi connectivity index (χ4n) is 2.94. The number of aryl methyl sites for hydroxylation is 1. The summed E-state index contributed by atoms with van der Waals surface area (Å²) < 4.78 is 0.663. The molecular weight excluding hydrogens is 360 g/mol. The van der Waals surface area contributed by atoms with Crippen molar-refractivity contribution in [2.24, 2.45) is 0 Å². The van der Waals surface area contributed by atoms with Crippen LogP contribution in [0.5, 0.6) is 0 Å². The minimum Gasteiger partial charge on any atom is -0.306 e.